The number of aryl methyl sites for hydroxylation is 1. The van der Waals surface area contributed by atoms with E-state index in [-0.39, 0.29) is 17.3 Å². The van der Waals surface area contributed by atoms with Crippen LogP contribution in [0, 0.1) is 12.7 Å². The lowest BCUT2D eigenvalue weighted by atomic mass is 9.80. The van der Waals surface area contributed by atoms with Gasteiger partial charge < -0.3 is 4.90 Å². The van der Waals surface area contributed by atoms with Gasteiger partial charge in [-0.1, -0.05) is 18.6 Å². The molecule has 3 nitrogen and oxygen atoms in total. The maximum Gasteiger partial charge on any atom is 0.278 e. The predicted molar refractivity (Wildman–Crippen MR) is 98.4 cm³/mol. The second kappa shape index (κ2) is 5.25. The minimum atomic E-state index is -0.310. The molecule has 0 saturated heterocycles. The molecule has 25 heavy (non-hydrogen) atoms. The van der Waals surface area contributed by atoms with E-state index < -0.39 is 0 Å². The molecule has 0 aromatic heterocycles. The van der Waals surface area contributed by atoms with Gasteiger partial charge in [-0.15, -0.1) is 0 Å². The average Bonchev–Trinajstić information content (AvgIpc) is 2.80. The van der Waals surface area contributed by atoms with Crippen molar-refractivity contribution in [3.8, 4) is 0 Å². The Morgan fingerprint density at radius 1 is 1.20 bits per heavy atom. The first-order valence-electron chi connectivity index (χ1n) is 8.62. The molecule has 0 bridgehead atoms. The molecule has 2 aromatic carbocycles. The second-order valence-electron chi connectivity index (χ2n) is 7.75. The maximum atomic E-state index is 13.2. The van der Waals surface area contributed by atoms with Gasteiger partial charge in [-0.2, -0.15) is 0 Å². The van der Waals surface area contributed by atoms with Gasteiger partial charge in [0.05, 0.1) is 11.4 Å². The topological polar surface area (TPSA) is 32.7 Å². The lowest BCUT2D eigenvalue weighted by molar-refractivity contribution is -0.113. The summed E-state index contributed by atoms with van der Waals surface area (Å²) in [4.78, 5) is 19.7. The Morgan fingerprint density at radius 3 is 2.56 bits per heavy atom. The van der Waals surface area contributed by atoms with Gasteiger partial charge in [0.25, 0.3) is 5.91 Å². The van der Waals surface area contributed by atoms with Crippen LogP contribution in [0.2, 0.25) is 0 Å². The zero-order valence-corrected chi connectivity index (χ0v) is 14.9. The molecule has 0 N–H and O–H groups in total. The Bertz CT molecular complexity index is 912. The highest BCUT2D eigenvalue weighted by Gasteiger charge is 2.47. The van der Waals surface area contributed by atoms with E-state index in [1.165, 1.54) is 17.7 Å². The third kappa shape index (κ3) is 2.39. The van der Waals surface area contributed by atoms with Crippen molar-refractivity contribution in [2.75, 3.05) is 4.90 Å². The highest BCUT2D eigenvalue weighted by Crippen LogP contribution is 2.49. The summed E-state index contributed by atoms with van der Waals surface area (Å²) in [6, 6.07) is 10.1. The van der Waals surface area contributed by atoms with E-state index in [1.54, 1.807) is 12.1 Å². The van der Waals surface area contributed by atoms with Gasteiger partial charge in [0.2, 0.25) is 0 Å². The van der Waals surface area contributed by atoms with Gasteiger partial charge in [-0.25, -0.2) is 9.38 Å². The van der Waals surface area contributed by atoms with Gasteiger partial charge in [0.1, 0.15) is 11.5 Å². The molecule has 2 heterocycles. The maximum absolute atomic E-state index is 13.2. The fourth-order valence-corrected chi connectivity index (χ4v) is 4.22. The smallest absolute Gasteiger partial charge is 0.278 e. The summed E-state index contributed by atoms with van der Waals surface area (Å²) in [7, 11) is 0. The van der Waals surface area contributed by atoms with Gasteiger partial charge in [0, 0.05) is 11.1 Å². The molecule has 1 atom stereocenters. The Morgan fingerprint density at radius 2 is 1.88 bits per heavy atom. The summed E-state index contributed by atoms with van der Waals surface area (Å²) in [5, 5.41) is 0. The Labute approximate surface area is 147 Å². The molecule has 0 spiro atoms. The Hall–Kier alpha value is -2.49. The summed E-state index contributed by atoms with van der Waals surface area (Å²) in [6.07, 6.45) is 0.915. The molecular weight excluding hydrogens is 315 g/mol. The van der Waals surface area contributed by atoms with Gasteiger partial charge in [0.15, 0.2) is 0 Å². The van der Waals surface area contributed by atoms with Crippen LogP contribution in [0.4, 0.5) is 15.8 Å². The third-order valence-electron chi connectivity index (χ3n) is 5.18. The highest BCUT2D eigenvalue weighted by atomic mass is 19.1. The SMILES string of the molecule is Cc1cc2c3c(c1)[C@H](C)CC(C)(C)N3C(=O)C2=Nc1ccc(F)cc1. The molecule has 2 aliphatic rings. The van der Waals surface area contributed by atoms with Crippen LogP contribution >= 0.6 is 0 Å². The first-order chi connectivity index (χ1) is 11.8. The van der Waals surface area contributed by atoms with Crippen molar-refractivity contribution < 1.29 is 9.18 Å². The number of halogens is 1. The number of hydrogen-bond donors (Lipinski definition) is 0. The molecule has 2 aromatic rings. The first-order valence-corrected chi connectivity index (χ1v) is 8.62. The van der Waals surface area contributed by atoms with E-state index in [4.69, 9.17) is 0 Å². The summed E-state index contributed by atoms with van der Waals surface area (Å²) < 4.78 is 13.2. The number of carbonyl (C=O) groups excluding carboxylic acids is 1. The summed E-state index contributed by atoms with van der Waals surface area (Å²) in [5.74, 6) is 0.00989. The van der Waals surface area contributed by atoms with E-state index in [9.17, 15) is 9.18 Å². The summed E-state index contributed by atoms with van der Waals surface area (Å²) in [6.45, 7) is 8.48. The van der Waals surface area contributed by atoms with Crippen LogP contribution in [-0.2, 0) is 4.79 Å². The van der Waals surface area contributed by atoms with Crippen LogP contribution in [0.25, 0.3) is 0 Å². The molecule has 4 heteroatoms. The van der Waals surface area contributed by atoms with Crippen LogP contribution in [-0.4, -0.2) is 17.2 Å². The molecule has 0 saturated carbocycles. The summed E-state index contributed by atoms with van der Waals surface area (Å²) in [5.41, 5.74) is 5.02. The van der Waals surface area contributed by atoms with Gasteiger partial charge in [-0.05, 0) is 69.0 Å². The van der Waals surface area contributed by atoms with E-state index in [1.807, 2.05) is 17.9 Å². The van der Waals surface area contributed by atoms with E-state index >= 15 is 0 Å². The zero-order valence-electron chi connectivity index (χ0n) is 14.9. The number of aliphatic imine (C=N–C) groups is 1. The number of hydrogen-bond acceptors (Lipinski definition) is 2. The number of amides is 1. The molecule has 0 radical (unpaired) electrons. The molecule has 128 valence electrons. The fraction of sp³-hybridized carbons (Fsp3) is 0.333. The summed E-state index contributed by atoms with van der Waals surface area (Å²) >= 11 is 0. The van der Waals surface area contributed by atoms with Crippen molar-refractivity contribution in [3.63, 3.8) is 0 Å². The van der Waals surface area contributed by atoms with Crippen LogP contribution in [0.1, 0.15) is 49.8 Å². The van der Waals surface area contributed by atoms with Crippen LogP contribution in [0.15, 0.2) is 41.4 Å². The van der Waals surface area contributed by atoms with E-state index in [2.05, 4.69) is 31.8 Å². The number of carbonyl (C=O) groups is 1. The molecular formula is C21H21FN2O. The van der Waals surface area contributed by atoms with E-state index in [0.29, 0.717) is 17.3 Å². The Balaban J connectivity index is 1.95. The molecule has 1 amide bonds. The predicted octanol–water partition coefficient (Wildman–Crippen LogP) is 4.89. The molecule has 0 unspecified atom stereocenters. The van der Waals surface area contributed by atoms with E-state index in [0.717, 1.165) is 23.2 Å². The largest absolute Gasteiger partial charge is 0.300 e. The molecule has 4 rings (SSSR count). The minimum Gasteiger partial charge on any atom is -0.300 e. The normalized spacial score (nSPS) is 22.4. The fourth-order valence-electron chi connectivity index (χ4n) is 4.22. The lowest BCUT2D eigenvalue weighted by Gasteiger charge is -2.43. The minimum absolute atomic E-state index is 0.0666. The van der Waals surface area contributed by atoms with Crippen molar-refractivity contribution in [3.05, 3.63) is 58.9 Å². The number of rotatable bonds is 1. The van der Waals surface area contributed by atoms with Crippen molar-refractivity contribution in [2.24, 2.45) is 4.99 Å². The average molecular weight is 336 g/mol. The molecule has 2 aliphatic heterocycles. The van der Waals surface area contributed by atoms with Crippen LogP contribution < -0.4 is 4.90 Å². The highest BCUT2D eigenvalue weighted by molar-refractivity contribution is 6.55. The second-order valence-corrected chi connectivity index (χ2v) is 7.75. The van der Waals surface area contributed by atoms with Gasteiger partial charge in [-0.3, -0.25) is 4.79 Å². The number of nitrogens with zero attached hydrogens (tertiary/aromatic N) is 2. The number of anilines is 1. The van der Waals surface area contributed by atoms with Crippen molar-refractivity contribution in [1.82, 2.24) is 0 Å². The molecule has 0 fully saturated rings. The third-order valence-corrected chi connectivity index (χ3v) is 5.18. The first kappa shape index (κ1) is 16.0. The zero-order chi connectivity index (χ0) is 17.9. The van der Waals surface area contributed by atoms with Crippen LogP contribution in [0.5, 0.6) is 0 Å². The monoisotopic (exact) mass is 336 g/mol. The van der Waals surface area contributed by atoms with Crippen molar-refractivity contribution >= 4 is 23.0 Å². The lowest BCUT2D eigenvalue weighted by Crippen LogP contribution is -2.50. The quantitative estimate of drug-likeness (QED) is 0.730. The molecule has 0 aliphatic carbocycles. The Kier molecular flexibility index (Phi) is 3.36. The van der Waals surface area contributed by atoms with Crippen molar-refractivity contribution in [2.45, 2.75) is 45.6 Å². The van der Waals surface area contributed by atoms with Crippen LogP contribution in [0.3, 0.4) is 0 Å². The van der Waals surface area contributed by atoms with Crippen molar-refractivity contribution in [1.29, 1.82) is 0 Å². The number of benzene rings is 2. The standard InChI is InChI=1S/C21H21FN2O/c1-12-9-16-13(2)11-21(3,4)24-19(16)17(10-12)18(20(24)25)23-15-7-5-14(22)6-8-15/h5-10,13H,11H2,1-4H3/t13-/m1/s1. The van der Waals surface area contributed by atoms with Gasteiger partial charge >= 0.3 is 0 Å².